The molecule has 158 valence electrons. The molecule has 2 unspecified atom stereocenters. The molecule has 30 heavy (non-hydrogen) atoms. The lowest BCUT2D eigenvalue weighted by Crippen LogP contribution is -2.41. The van der Waals surface area contributed by atoms with Crippen molar-refractivity contribution in [2.75, 3.05) is 11.9 Å². The molecule has 0 saturated carbocycles. The Morgan fingerprint density at radius 1 is 1.27 bits per heavy atom. The van der Waals surface area contributed by atoms with E-state index in [-0.39, 0.29) is 24.2 Å². The van der Waals surface area contributed by atoms with Gasteiger partial charge in [-0.3, -0.25) is 4.79 Å². The van der Waals surface area contributed by atoms with Crippen LogP contribution >= 0.6 is 12.6 Å². The summed E-state index contributed by atoms with van der Waals surface area (Å²) < 4.78 is 15.8. The number of imidazole rings is 1. The first-order valence-electron chi connectivity index (χ1n) is 9.83. The van der Waals surface area contributed by atoms with Crippen molar-refractivity contribution in [1.82, 2.24) is 14.9 Å². The van der Waals surface area contributed by atoms with Crippen LogP contribution in [0.25, 0.3) is 0 Å². The molecule has 7 heteroatoms. The van der Waals surface area contributed by atoms with E-state index in [9.17, 15) is 9.18 Å². The number of carbonyl (C=O) groups excluding carboxylic acids is 1. The van der Waals surface area contributed by atoms with E-state index in [2.05, 4.69) is 28.2 Å². The van der Waals surface area contributed by atoms with Crippen molar-refractivity contribution in [3.05, 3.63) is 78.1 Å². The van der Waals surface area contributed by atoms with Crippen LogP contribution < -0.4 is 10.6 Å². The molecule has 0 aliphatic heterocycles. The molecule has 2 aromatic carbocycles. The minimum absolute atomic E-state index is 0.0932. The fourth-order valence-electron chi connectivity index (χ4n) is 3.65. The van der Waals surface area contributed by atoms with Crippen LogP contribution in [0.1, 0.15) is 31.5 Å². The second-order valence-electron chi connectivity index (χ2n) is 7.81. The van der Waals surface area contributed by atoms with Crippen molar-refractivity contribution in [2.24, 2.45) is 7.05 Å². The summed E-state index contributed by atoms with van der Waals surface area (Å²) in [6, 6.07) is 14.0. The van der Waals surface area contributed by atoms with Crippen LogP contribution in [-0.2, 0) is 17.3 Å². The third-order valence-electron chi connectivity index (χ3n) is 5.22. The zero-order valence-electron chi connectivity index (χ0n) is 17.4. The molecule has 1 amide bonds. The number of aromatic nitrogens is 2. The Kier molecular flexibility index (Phi) is 6.82. The smallest absolute Gasteiger partial charge is 0.221 e. The quantitative estimate of drug-likeness (QED) is 0.474. The molecule has 0 saturated heterocycles. The Balaban J connectivity index is 1.71. The molecule has 0 spiro atoms. The van der Waals surface area contributed by atoms with Crippen LogP contribution in [0, 0.1) is 5.82 Å². The zero-order valence-corrected chi connectivity index (χ0v) is 18.3. The van der Waals surface area contributed by atoms with Gasteiger partial charge in [-0.2, -0.15) is 0 Å². The summed E-state index contributed by atoms with van der Waals surface area (Å²) in [5, 5.41) is 6.34. The number of rotatable bonds is 8. The minimum atomic E-state index is -0.717. The van der Waals surface area contributed by atoms with E-state index in [4.69, 9.17) is 0 Å². The van der Waals surface area contributed by atoms with Crippen molar-refractivity contribution in [3.63, 3.8) is 0 Å². The summed E-state index contributed by atoms with van der Waals surface area (Å²) in [6.07, 6.45) is 3.59. The third-order valence-corrected chi connectivity index (χ3v) is 5.50. The largest absolute Gasteiger partial charge is 0.383 e. The summed E-state index contributed by atoms with van der Waals surface area (Å²) in [4.78, 5) is 18.0. The Bertz CT molecular complexity index is 1020. The zero-order chi connectivity index (χ0) is 21.7. The van der Waals surface area contributed by atoms with Gasteiger partial charge in [-0.05, 0) is 49.7 Å². The van der Waals surface area contributed by atoms with E-state index in [1.165, 1.54) is 12.1 Å². The second-order valence-corrected chi connectivity index (χ2v) is 8.33. The highest BCUT2D eigenvalue weighted by molar-refractivity contribution is 7.80. The van der Waals surface area contributed by atoms with E-state index in [0.29, 0.717) is 6.54 Å². The molecular weight excluding hydrogens is 399 g/mol. The number of hydrogen-bond donors (Lipinski definition) is 3. The van der Waals surface area contributed by atoms with Gasteiger partial charge in [0.25, 0.3) is 0 Å². The summed E-state index contributed by atoms with van der Waals surface area (Å²) in [5.41, 5.74) is 1.81. The SMILES string of the molecule is CC(CNc1cccc(S)c1)NC(=O)CC(C)(c1cccc(F)c1)c1cncn1C. The standard InChI is InChI=1S/C23H27FN4OS/c1-16(13-26-19-8-5-9-20(30)11-19)27-22(29)12-23(2,21-14-25-15-28(21)3)17-6-4-7-18(24)10-17/h4-11,14-16,26,30H,12-13H2,1-3H3,(H,27,29). The molecule has 5 nitrogen and oxygen atoms in total. The van der Waals surface area contributed by atoms with Gasteiger partial charge >= 0.3 is 0 Å². The number of anilines is 1. The van der Waals surface area contributed by atoms with E-state index >= 15 is 0 Å². The maximum atomic E-state index is 13.9. The molecule has 3 rings (SSSR count). The Labute approximate surface area is 182 Å². The van der Waals surface area contributed by atoms with Crippen LogP contribution in [0.3, 0.4) is 0 Å². The van der Waals surface area contributed by atoms with E-state index in [1.807, 2.05) is 55.8 Å². The molecular formula is C23H27FN4OS. The monoisotopic (exact) mass is 426 g/mol. The Hall–Kier alpha value is -2.80. The van der Waals surface area contributed by atoms with Gasteiger partial charge in [-0.1, -0.05) is 18.2 Å². The summed E-state index contributed by atoms with van der Waals surface area (Å²) in [6.45, 7) is 4.46. The molecule has 1 heterocycles. The molecule has 2 N–H and O–H groups in total. The van der Waals surface area contributed by atoms with Gasteiger partial charge in [-0.25, -0.2) is 9.37 Å². The number of benzene rings is 2. The van der Waals surface area contributed by atoms with Gasteiger partial charge in [0.15, 0.2) is 0 Å². The molecule has 0 aliphatic rings. The average molecular weight is 427 g/mol. The molecule has 3 aromatic rings. The average Bonchev–Trinajstić information content (AvgIpc) is 3.13. The molecule has 0 aliphatic carbocycles. The number of amides is 1. The molecule has 0 fully saturated rings. The van der Waals surface area contributed by atoms with Crippen molar-refractivity contribution in [2.45, 2.75) is 36.6 Å². The highest BCUT2D eigenvalue weighted by atomic mass is 32.1. The van der Waals surface area contributed by atoms with Crippen molar-refractivity contribution >= 4 is 24.2 Å². The summed E-state index contributed by atoms with van der Waals surface area (Å²) in [5.74, 6) is -0.439. The lowest BCUT2D eigenvalue weighted by Gasteiger charge is -2.31. The first-order chi connectivity index (χ1) is 14.3. The maximum absolute atomic E-state index is 13.9. The van der Waals surface area contributed by atoms with Crippen LogP contribution in [-0.4, -0.2) is 28.0 Å². The maximum Gasteiger partial charge on any atom is 0.221 e. The molecule has 2 atom stereocenters. The number of halogens is 1. The predicted molar refractivity (Wildman–Crippen MR) is 120 cm³/mol. The highest BCUT2D eigenvalue weighted by Gasteiger charge is 2.34. The van der Waals surface area contributed by atoms with E-state index < -0.39 is 5.41 Å². The van der Waals surface area contributed by atoms with Gasteiger partial charge in [0.1, 0.15) is 5.82 Å². The third kappa shape index (κ3) is 5.21. The van der Waals surface area contributed by atoms with Crippen LogP contribution in [0.4, 0.5) is 10.1 Å². The van der Waals surface area contributed by atoms with Crippen LogP contribution in [0.2, 0.25) is 0 Å². The lowest BCUT2D eigenvalue weighted by atomic mass is 9.76. The molecule has 0 radical (unpaired) electrons. The minimum Gasteiger partial charge on any atom is -0.383 e. The highest BCUT2D eigenvalue weighted by Crippen LogP contribution is 2.35. The fraction of sp³-hybridized carbons (Fsp3) is 0.304. The lowest BCUT2D eigenvalue weighted by molar-refractivity contribution is -0.122. The van der Waals surface area contributed by atoms with Gasteiger partial charge < -0.3 is 15.2 Å². The normalized spacial score (nSPS) is 14.0. The van der Waals surface area contributed by atoms with E-state index in [0.717, 1.165) is 21.8 Å². The Morgan fingerprint density at radius 3 is 2.70 bits per heavy atom. The molecule has 0 bridgehead atoms. The van der Waals surface area contributed by atoms with Gasteiger partial charge in [-0.15, -0.1) is 12.6 Å². The van der Waals surface area contributed by atoms with Gasteiger partial charge in [0.2, 0.25) is 5.91 Å². The fourth-order valence-corrected chi connectivity index (χ4v) is 3.87. The predicted octanol–water partition coefficient (Wildman–Crippen LogP) is 4.16. The van der Waals surface area contributed by atoms with Crippen LogP contribution in [0.5, 0.6) is 0 Å². The van der Waals surface area contributed by atoms with Gasteiger partial charge in [0.05, 0.1) is 6.33 Å². The van der Waals surface area contributed by atoms with Crippen molar-refractivity contribution in [1.29, 1.82) is 0 Å². The van der Waals surface area contributed by atoms with Gasteiger partial charge in [0, 0.05) is 53.9 Å². The first kappa shape index (κ1) is 21.9. The van der Waals surface area contributed by atoms with Crippen molar-refractivity contribution < 1.29 is 9.18 Å². The van der Waals surface area contributed by atoms with E-state index in [1.54, 1.807) is 18.6 Å². The van der Waals surface area contributed by atoms with Crippen molar-refractivity contribution in [3.8, 4) is 0 Å². The van der Waals surface area contributed by atoms with Crippen LogP contribution in [0.15, 0.2) is 66.0 Å². The topological polar surface area (TPSA) is 58.9 Å². The Morgan fingerprint density at radius 2 is 2.03 bits per heavy atom. The summed E-state index contributed by atoms with van der Waals surface area (Å²) in [7, 11) is 1.87. The second kappa shape index (κ2) is 9.34. The number of carbonyl (C=O) groups is 1. The number of hydrogen-bond acceptors (Lipinski definition) is 4. The number of thiol groups is 1. The first-order valence-corrected chi connectivity index (χ1v) is 10.3. The number of nitrogens with one attached hydrogen (secondary N) is 2. The number of nitrogens with zero attached hydrogens (tertiary/aromatic N) is 2. The number of aryl methyl sites for hydroxylation is 1. The summed E-state index contributed by atoms with van der Waals surface area (Å²) >= 11 is 4.34. The molecule has 1 aromatic heterocycles.